The van der Waals surface area contributed by atoms with Gasteiger partial charge in [-0.2, -0.15) is 5.10 Å². The molecule has 0 amide bonds. The number of halogens is 2. The molecule has 188 valence electrons. The van der Waals surface area contributed by atoms with Crippen molar-refractivity contribution in [3.8, 4) is 11.3 Å². The number of aromatic amines is 1. The molecule has 9 nitrogen and oxygen atoms in total. The van der Waals surface area contributed by atoms with E-state index in [0.717, 1.165) is 0 Å². The highest BCUT2D eigenvalue weighted by Gasteiger charge is 2.28. The van der Waals surface area contributed by atoms with Gasteiger partial charge in [-0.3, -0.25) is 5.10 Å². The Bertz CT molecular complexity index is 1560. The molecule has 0 aliphatic carbocycles. The summed E-state index contributed by atoms with van der Waals surface area (Å²) in [7, 11) is -3.24. The van der Waals surface area contributed by atoms with Gasteiger partial charge < -0.3 is 10.5 Å². The van der Waals surface area contributed by atoms with Crippen molar-refractivity contribution in [1.82, 2.24) is 19.5 Å². The summed E-state index contributed by atoms with van der Waals surface area (Å²) in [5.74, 6) is -1.03. The maximum atomic E-state index is 14.8. The minimum atomic E-state index is -3.24. The Kier molecular flexibility index (Phi) is 6.31. The van der Waals surface area contributed by atoms with Gasteiger partial charge in [0.1, 0.15) is 17.2 Å². The first-order valence-corrected chi connectivity index (χ1v) is 13.1. The van der Waals surface area contributed by atoms with Crippen LogP contribution in [0.3, 0.4) is 0 Å². The summed E-state index contributed by atoms with van der Waals surface area (Å²) in [4.78, 5) is 4.64. The number of anilines is 1. The molecule has 0 spiro atoms. The SMILES string of the molecule is CCS(=O)(=O)N1CCC(Nc2n[nH]c3c2nc(-c2c(F)cccc2F)c2cc(/C=N\O)ccc23)CC1. The van der Waals surface area contributed by atoms with E-state index < -0.39 is 21.7 Å². The second-order valence-electron chi connectivity index (χ2n) is 8.62. The van der Waals surface area contributed by atoms with Crippen LogP contribution in [0, 0.1) is 11.6 Å². The van der Waals surface area contributed by atoms with Gasteiger partial charge in [0, 0.05) is 29.9 Å². The largest absolute Gasteiger partial charge is 0.411 e. The predicted octanol–water partition coefficient (Wildman–Crippen LogP) is 4.09. The van der Waals surface area contributed by atoms with Crippen LogP contribution in [0.15, 0.2) is 41.6 Å². The zero-order valence-electron chi connectivity index (χ0n) is 19.4. The molecule has 5 rings (SSSR count). The number of rotatable bonds is 6. The summed E-state index contributed by atoms with van der Waals surface area (Å²) in [6, 6.07) is 8.67. The fourth-order valence-electron chi connectivity index (χ4n) is 4.60. The molecule has 12 heteroatoms. The van der Waals surface area contributed by atoms with Crippen molar-refractivity contribution < 1.29 is 22.4 Å². The number of benzene rings is 2. The lowest BCUT2D eigenvalue weighted by Gasteiger charge is -2.31. The van der Waals surface area contributed by atoms with Crippen LogP contribution < -0.4 is 5.32 Å². The van der Waals surface area contributed by atoms with E-state index in [9.17, 15) is 17.2 Å². The Morgan fingerprint density at radius 1 is 1.19 bits per heavy atom. The number of nitrogens with zero attached hydrogens (tertiary/aromatic N) is 4. The number of oxime groups is 1. The maximum absolute atomic E-state index is 14.8. The van der Waals surface area contributed by atoms with E-state index in [1.54, 1.807) is 25.1 Å². The molecule has 1 aliphatic heterocycles. The van der Waals surface area contributed by atoms with E-state index in [1.165, 1.54) is 28.7 Å². The average molecular weight is 515 g/mol. The monoisotopic (exact) mass is 514 g/mol. The molecule has 3 N–H and O–H groups in total. The summed E-state index contributed by atoms with van der Waals surface area (Å²) < 4.78 is 55.5. The van der Waals surface area contributed by atoms with E-state index in [1.807, 2.05) is 0 Å². The number of H-pyrrole nitrogens is 1. The lowest BCUT2D eigenvalue weighted by atomic mass is 10.00. The molecular weight excluding hydrogens is 490 g/mol. The van der Waals surface area contributed by atoms with Gasteiger partial charge in [-0.05, 0) is 43.5 Å². The maximum Gasteiger partial charge on any atom is 0.213 e. The van der Waals surface area contributed by atoms with Crippen LogP contribution in [-0.2, 0) is 10.0 Å². The van der Waals surface area contributed by atoms with Crippen molar-refractivity contribution >= 4 is 43.9 Å². The van der Waals surface area contributed by atoms with Gasteiger partial charge in [0.2, 0.25) is 10.0 Å². The van der Waals surface area contributed by atoms with Crippen molar-refractivity contribution in [2.24, 2.45) is 5.16 Å². The highest BCUT2D eigenvalue weighted by atomic mass is 32.2. The number of hydrogen-bond acceptors (Lipinski definition) is 7. The van der Waals surface area contributed by atoms with E-state index in [4.69, 9.17) is 5.21 Å². The lowest BCUT2D eigenvalue weighted by molar-refractivity contribution is 0.322. The van der Waals surface area contributed by atoms with Gasteiger partial charge in [0.15, 0.2) is 5.82 Å². The van der Waals surface area contributed by atoms with Crippen LogP contribution >= 0.6 is 0 Å². The molecular formula is C24H24F2N6O3S. The van der Waals surface area contributed by atoms with Gasteiger partial charge in [-0.15, -0.1) is 0 Å². The molecule has 4 aromatic rings. The minimum absolute atomic E-state index is 0.0471. The van der Waals surface area contributed by atoms with Gasteiger partial charge >= 0.3 is 0 Å². The molecule has 0 bridgehead atoms. The second kappa shape index (κ2) is 9.43. The predicted molar refractivity (Wildman–Crippen MR) is 134 cm³/mol. The summed E-state index contributed by atoms with van der Waals surface area (Å²) in [6.45, 7) is 2.42. The molecule has 2 aromatic heterocycles. The molecule has 0 saturated carbocycles. The number of pyridine rings is 1. The van der Waals surface area contributed by atoms with Crippen LogP contribution in [0.25, 0.3) is 33.1 Å². The third-order valence-electron chi connectivity index (χ3n) is 6.49. The van der Waals surface area contributed by atoms with Gasteiger partial charge in [0.25, 0.3) is 0 Å². The third-order valence-corrected chi connectivity index (χ3v) is 8.37. The first-order chi connectivity index (χ1) is 17.3. The standard InChI is InChI=1S/C24H24F2N6O3S/c1-2-36(34,35)32-10-8-15(9-11-32)28-24-23-22(30-31-24)16-7-6-14(13-27-33)12-17(16)21(29-23)20-18(25)4-3-5-19(20)26/h3-7,12-13,15,33H,2,8-11H2,1H3,(H2,28,30,31)/b27-13-. The Hall–Kier alpha value is -3.64. The molecule has 0 atom stereocenters. The van der Waals surface area contributed by atoms with E-state index in [0.29, 0.717) is 59.1 Å². The normalized spacial score (nSPS) is 15.9. The molecule has 0 radical (unpaired) electrons. The van der Waals surface area contributed by atoms with Crippen molar-refractivity contribution in [2.75, 3.05) is 24.2 Å². The molecule has 1 fully saturated rings. The topological polar surface area (TPSA) is 124 Å². The van der Waals surface area contributed by atoms with Crippen LogP contribution in [0.1, 0.15) is 25.3 Å². The fourth-order valence-corrected chi connectivity index (χ4v) is 5.73. The van der Waals surface area contributed by atoms with Gasteiger partial charge in [0.05, 0.1) is 28.7 Å². The van der Waals surface area contributed by atoms with E-state index in [2.05, 4.69) is 25.7 Å². The summed E-state index contributed by atoms with van der Waals surface area (Å²) in [6.07, 6.45) is 2.38. The summed E-state index contributed by atoms with van der Waals surface area (Å²) in [5, 5.41) is 23.8. The minimum Gasteiger partial charge on any atom is -0.411 e. The lowest BCUT2D eigenvalue weighted by Crippen LogP contribution is -2.43. The van der Waals surface area contributed by atoms with Crippen LogP contribution in [0.5, 0.6) is 0 Å². The highest BCUT2D eigenvalue weighted by Crippen LogP contribution is 2.37. The molecule has 3 heterocycles. The van der Waals surface area contributed by atoms with Gasteiger partial charge in [-0.25, -0.2) is 26.5 Å². The summed E-state index contributed by atoms with van der Waals surface area (Å²) in [5.41, 5.74) is 1.33. The fraction of sp³-hybridized carbons (Fsp3) is 0.292. The van der Waals surface area contributed by atoms with E-state index in [-0.39, 0.29) is 23.1 Å². The van der Waals surface area contributed by atoms with Crippen molar-refractivity contribution in [1.29, 1.82) is 0 Å². The first kappa shape index (κ1) is 24.1. The first-order valence-electron chi connectivity index (χ1n) is 11.5. The quantitative estimate of drug-likeness (QED) is 0.202. The second-order valence-corrected chi connectivity index (χ2v) is 10.9. The van der Waals surface area contributed by atoms with Crippen LogP contribution in [0.4, 0.5) is 14.6 Å². The highest BCUT2D eigenvalue weighted by molar-refractivity contribution is 7.89. The van der Waals surface area contributed by atoms with Crippen LogP contribution in [-0.4, -0.2) is 64.2 Å². The molecule has 2 aromatic carbocycles. The van der Waals surface area contributed by atoms with Gasteiger partial charge in [-0.1, -0.05) is 23.4 Å². The van der Waals surface area contributed by atoms with E-state index >= 15 is 0 Å². The summed E-state index contributed by atoms with van der Waals surface area (Å²) >= 11 is 0. The Morgan fingerprint density at radius 2 is 1.92 bits per heavy atom. The number of piperidine rings is 1. The number of nitrogens with one attached hydrogen (secondary N) is 2. The number of sulfonamides is 1. The molecule has 0 unspecified atom stereocenters. The molecule has 1 saturated heterocycles. The van der Waals surface area contributed by atoms with Crippen molar-refractivity contribution in [3.63, 3.8) is 0 Å². The Labute approximate surface area is 205 Å². The molecule has 1 aliphatic rings. The van der Waals surface area contributed by atoms with Crippen LogP contribution in [0.2, 0.25) is 0 Å². The third kappa shape index (κ3) is 4.26. The average Bonchev–Trinajstić information content (AvgIpc) is 3.27. The number of aromatic nitrogens is 3. The molecule has 36 heavy (non-hydrogen) atoms. The Balaban J connectivity index is 1.59. The zero-order valence-corrected chi connectivity index (χ0v) is 20.2. The Morgan fingerprint density at radius 3 is 2.58 bits per heavy atom. The number of fused-ring (bicyclic) bond motifs is 3. The number of hydrogen-bond donors (Lipinski definition) is 3. The van der Waals surface area contributed by atoms with Crippen molar-refractivity contribution in [3.05, 3.63) is 53.6 Å². The zero-order chi connectivity index (χ0) is 25.4. The van der Waals surface area contributed by atoms with Crippen molar-refractivity contribution in [2.45, 2.75) is 25.8 Å². The smallest absolute Gasteiger partial charge is 0.213 e.